The first-order valence-electron chi connectivity index (χ1n) is 7.51. The Morgan fingerprint density at radius 2 is 2.13 bits per heavy atom. The second kappa shape index (κ2) is 6.08. The molecule has 0 spiro atoms. The fourth-order valence-corrected chi connectivity index (χ4v) is 2.58. The van der Waals surface area contributed by atoms with Gasteiger partial charge in [0.25, 0.3) is 5.56 Å². The van der Waals surface area contributed by atoms with Crippen LogP contribution in [0.2, 0.25) is 0 Å². The zero-order valence-electron chi connectivity index (χ0n) is 13.1. The lowest BCUT2D eigenvalue weighted by Crippen LogP contribution is -2.27. The molecule has 1 amide bonds. The van der Waals surface area contributed by atoms with Crippen LogP contribution in [0.25, 0.3) is 11.0 Å². The van der Waals surface area contributed by atoms with Gasteiger partial charge >= 0.3 is 0 Å². The Morgan fingerprint density at radius 3 is 2.91 bits per heavy atom. The van der Waals surface area contributed by atoms with Crippen molar-refractivity contribution in [3.8, 4) is 0 Å². The van der Waals surface area contributed by atoms with Crippen molar-refractivity contribution >= 4 is 22.6 Å². The first-order valence-corrected chi connectivity index (χ1v) is 7.51. The molecule has 3 aromatic rings. The van der Waals surface area contributed by atoms with Crippen molar-refractivity contribution in [3.63, 3.8) is 0 Å². The molecule has 0 fully saturated rings. The van der Waals surface area contributed by atoms with Gasteiger partial charge in [-0.2, -0.15) is 0 Å². The van der Waals surface area contributed by atoms with Crippen LogP contribution in [0.1, 0.15) is 18.2 Å². The minimum absolute atomic E-state index is 0.0654. The van der Waals surface area contributed by atoms with Gasteiger partial charge in [0.15, 0.2) is 0 Å². The van der Waals surface area contributed by atoms with Gasteiger partial charge in [-0.1, -0.05) is 25.1 Å². The Bertz CT molecular complexity index is 924. The molecule has 0 unspecified atom stereocenters. The minimum atomic E-state index is -0.249. The number of hydrogen-bond acceptors (Lipinski definition) is 3. The van der Waals surface area contributed by atoms with Crippen LogP contribution >= 0.6 is 0 Å². The number of aryl methyl sites for hydroxylation is 2. The highest BCUT2D eigenvalue weighted by Crippen LogP contribution is 2.15. The van der Waals surface area contributed by atoms with Gasteiger partial charge in [-0.25, -0.2) is 4.98 Å². The lowest BCUT2D eigenvalue weighted by atomic mass is 10.1. The summed E-state index contributed by atoms with van der Waals surface area (Å²) in [5, 5.41) is 3.35. The number of aromatic nitrogens is 3. The zero-order valence-corrected chi connectivity index (χ0v) is 13.1. The summed E-state index contributed by atoms with van der Waals surface area (Å²) in [7, 11) is 0. The van der Waals surface area contributed by atoms with Crippen LogP contribution < -0.4 is 10.9 Å². The molecule has 6 heteroatoms. The molecule has 0 saturated heterocycles. The van der Waals surface area contributed by atoms with E-state index >= 15 is 0 Å². The Balaban J connectivity index is 1.83. The molecule has 0 aliphatic carbocycles. The van der Waals surface area contributed by atoms with E-state index < -0.39 is 0 Å². The van der Waals surface area contributed by atoms with Crippen molar-refractivity contribution in [3.05, 3.63) is 58.3 Å². The molecule has 2 heterocycles. The van der Waals surface area contributed by atoms with Crippen LogP contribution in [-0.4, -0.2) is 20.4 Å². The monoisotopic (exact) mass is 310 g/mol. The largest absolute Gasteiger partial charge is 0.343 e. The summed E-state index contributed by atoms with van der Waals surface area (Å²) in [6, 6.07) is 9.38. The molecule has 0 radical (unpaired) electrons. The molecule has 2 aromatic heterocycles. The standard InChI is InChI=1S/C17H18N4O2/c1-3-12-6-4-5-7-14(12)20-15(22)9-21-10-18-16-13(17(21)23)8-11(2)19-16/h4-8,10,19H,3,9H2,1-2H3,(H,20,22). The number of nitrogens with zero attached hydrogens (tertiary/aromatic N) is 2. The van der Waals surface area contributed by atoms with Gasteiger partial charge in [0, 0.05) is 11.4 Å². The van der Waals surface area contributed by atoms with Crippen molar-refractivity contribution in [2.45, 2.75) is 26.8 Å². The molecule has 0 aliphatic heterocycles. The molecule has 0 saturated carbocycles. The van der Waals surface area contributed by atoms with E-state index in [1.807, 2.05) is 38.1 Å². The van der Waals surface area contributed by atoms with E-state index in [2.05, 4.69) is 15.3 Å². The third-order valence-corrected chi connectivity index (χ3v) is 3.74. The number of anilines is 1. The number of fused-ring (bicyclic) bond motifs is 1. The number of aromatic amines is 1. The second-order valence-electron chi connectivity index (χ2n) is 5.45. The number of rotatable bonds is 4. The van der Waals surface area contributed by atoms with Gasteiger partial charge in [-0.15, -0.1) is 0 Å². The molecule has 23 heavy (non-hydrogen) atoms. The van der Waals surface area contributed by atoms with Crippen molar-refractivity contribution in [1.82, 2.24) is 14.5 Å². The summed E-state index contributed by atoms with van der Waals surface area (Å²) in [6.07, 6.45) is 2.22. The highest BCUT2D eigenvalue weighted by Gasteiger charge is 2.11. The van der Waals surface area contributed by atoms with Gasteiger partial charge in [0.1, 0.15) is 18.5 Å². The number of nitrogens with one attached hydrogen (secondary N) is 2. The quantitative estimate of drug-likeness (QED) is 0.775. The van der Waals surface area contributed by atoms with Crippen LogP contribution in [0.15, 0.2) is 41.5 Å². The number of carbonyl (C=O) groups excluding carboxylic acids is 1. The summed E-state index contributed by atoms with van der Waals surface area (Å²) in [5.41, 5.74) is 3.02. The van der Waals surface area contributed by atoms with E-state index in [0.717, 1.165) is 23.4 Å². The number of benzene rings is 1. The van der Waals surface area contributed by atoms with Gasteiger partial charge in [0.05, 0.1) is 5.39 Å². The van der Waals surface area contributed by atoms with Crippen molar-refractivity contribution in [1.29, 1.82) is 0 Å². The van der Waals surface area contributed by atoms with E-state index in [1.165, 1.54) is 10.9 Å². The molecule has 6 nitrogen and oxygen atoms in total. The fourth-order valence-electron chi connectivity index (χ4n) is 2.58. The van der Waals surface area contributed by atoms with E-state index in [1.54, 1.807) is 6.07 Å². The lowest BCUT2D eigenvalue weighted by Gasteiger charge is -2.10. The van der Waals surface area contributed by atoms with Crippen LogP contribution in [0, 0.1) is 6.92 Å². The number of amides is 1. The molecule has 0 bridgehead atoms. The molecule has 0 aliphatic rings. The van der Waals surface area contributed by atoms with Gasteiger partial charge in [-0.05, 0) is 31.0 Å². The minimum Gasteiger partial charge on any atom is -0.343 e. The molecule has 118 valence electrons. The zero-order chi connectivity index (χ0) is 16.4. The van der Waals surface area contributed by atoms with Crippen LogP contribution in [0.3, 0.4) is 0 Å². The van der Waals surface area contributed by atoms with E-state index in [9.17, 15) is 9.59 Å². The normalized spacial score (nSPS) is 10.9. The first-order chi connectivity index (χ1) is 11.1. The summed E-state index contributed by atoms with van der Waals surface area (Å²) in [6.45, 7) is 3.82. The number of carbonyl (C=O) groups is 1. The van der Waals surface area contributed by atoms with Gasteiger partial charge in [-0.3, -0.25) is 14.2 Å². The Morgan fingerprint density at radius 1 is 1.35 bits per heavy atom. The average Bonchev–Trinajstić information content (AvgIpc) is 2.92. The summed E-state index contributed by atoms with van der Waals surface area (Å²) >= 11 is 0. The summed E-state index contributed by atoms with van der Waals surface area (Å²) in [4.78, 5) is 31.8. The number of H-pyrrole nitrogens is 1. The summed E-state index contributed by atoms with van der Waals surface area (Å²) in [5.74, 6) is -0.249. The van der Waals surface area contributed by atoms with Gasteiger partial charge < -0.3 is 10.3 Å². The Hall–Kier alpha value is -2.89. The van der Waals surface area contributed by atoms with Crippen molar-refractivity contribution < 1.29 is 4.79 Å². The van der Waals surface area contributed by atoms with E-state index in [0.29, 0.717) is 11.0 Å². The van der Waals surface area contributed by atoms with Crippen molar-refractivity contribution in [2.24, 2.45) is 0 Å². The van der Waals surface area contributed by atoms with E-state index in [4.69, 9.17) is 0 Å². The van der Waals surface area contributed by atoms with E-state index in [-0.39, 0.29) is 18.0 Å². The molecule has 0 atom stereocenters. The smallest absolute Gasteiger partial charge is 0.263 e. The molecular weight excluding hydrogens is 292 g/mol. The maximum atomic E-state index is 12.4. The SMILES string of the molecule is CCc1ccccc1NC(=O)Cn1cnc2[nH]c(C)cc2c1=O. The summed E-state index contributed by atoms with van der Waals surface area (Å²) < 4.78 is 1.32. The fraction of sp³-hybridized carbons (Fsp3) is 0.235. The molecular formula is C17H18N4O2. The third-order valence-electron chi connectivity index (χ3n) is 3.74. The van der Waals surface area contributed by atoms with Gasteiger partial charge in [0.2, 0.25) is 5.91 Å². The number of hydrogen-bond donors (Lipinski definition) is 2. The Kier molecular flexibility index (Phi) is 3.97. The second-order valence-corrected chi connectivity index (χ2v) is 5.45. The van der Waals surface area contributed by atoms with Crippen LogP contribution in [0.5, 0.6) is 0 Å². The topological polar surface area (TPSA) is 79.8 Å². The average molecular weight is 310 g/mol. The van der Waals surface area contributed by atoms with Crippen molar-refractivity contribution in [2.75, 3.05) is 5.32 Å². The predicted molar refractivity (Wildman–Crippen MR) is 89.5 cm³/mol. The predicted octanol–water partition coefficient (Wildman–Crippen LogP) is 2.23. The maximum absolute atomic E-state index is 12.4. The number of para-hydroxylation sites is 1. The Labute approximate surface area is 133 Å². The molecule has 2 N–H and O–H groups in total. The highest BCUT2D eigenvalue weighted by molar-refractivity contribution is 5.91. The lowest BCUT2D eigenvalue weighted by molar-refractivity contribution is -0.116. The van der Waals surface area contributed by atoms with Crippen LogP contribution in [0.4, 0.5) is 5.69 Å². The first kappa shape index (κ1) is 15.0. The molecule has 1 aromatic carbocycles. The van der Waals surface area contributed by atoms with Crippen LogP contribution in [-0.2, 0) is 17.8 Å². The third kappa shape index (κ3) is 3.01. The highest BCUT2D eigenvalue weighted by atomic mass is 16.2. The maximum Gasteiger partial charge on any atom is 0.263 e. The molecule has 3 rings (SSSR count).